The molecule has 3 nitrogen and oxygen atoms in total. The van der Waals surface area contributed by atoms with Crippen LogP contribution in [0.5, 0.6) is 0 Å². The van der Waals surface area contributed by atoms with Gasteiger partial charge in [0.1, 0.15) is 0 Å². The number of benzene rings is 1. The number of anilines is 1. The summed E-state index contributed by atoms with van der Waals surface area (Å²) in [7, 11) is 0. The lowest BCUT2D eigenvalue weighted by molar-refractivity contribution is -0.123. The van der Waals surface area contributed by atoms with Crippen LogP contribution in [0.15, 0.2) is 25.6 Å². The molecule has 1 aromatic carbocycles. The molecule has 114 valence electrons. The molecule has 7 heteroatoms. The molecule has 2 rings (SSSR count). The van der Waals surface area contributed by atoms with Crippen molar-refractivity contribution in [3.05, 3.63) is 25.6 Å². The highest BCUT2D eigenvalue weighted by Crippen LogP contribution is 2.40. The molecule has 1 aliphatic carbocycles. The average molecular weight is 499 g/mol. The Labute approximate surface area is 154 Å². The monoisotopic (exact) mass is 496 g/mol. The van der Waals surface area contributed by atoms with Crippen LogP contribution in [0, 0.1) is 5.41 Å². The second-order valence-corrected chi connectivity index (χ2v) is 8.27. The van der Waals surface area contributed by atoms with E-state index in [1.54, 1.807) is 0 Å². The van der Waals surface area contributed by atoms with E-state index in [1.807, 2.05) is 12.1 Å². The van der Waals surface area contributed by atoms with Crippen LogP contribution in [-0.4, -0.2) is 10.9 Å². The van der Waals surface area contributed by atoms with Gasteiger partial charge in [-0.05, 0) is 56.8 Å². The van der Waals surface area contributed by atoms with E-state index in [4.69, 9.17) is 18.0 Å². The minimum Gasteiger partial charge on any atom is -0.392 e. The predicted octanol–water partition coefficient (Wildman–Crippen LogP) is 5.15. The molecule has 21 heavy (non-hydrogen) atoms. The van der Waals surface area contributed by atoms with Gasteiger partial charge >= 0.3 is 0 Å². The van der Waals surface area contributed by atoms with E-state index in [2.05, 4.69) is 53.1 Å². The van der Waals surface area contributed by atoms with Gasteiger partial charge in [-0.15, -0.1) is 0 Å². The lowest BCUT2D eigenvalue weighted by Gasteiger charge is -2.35. The van der Waals surface area contributed by atoms with Gasteiger partial charge in [-0.1, -0.05) is 47.4 Å². The Bertz CT molecular complexity index is 563. The van der Waals surface area contributed by atoms with Crippen molar-refractivity contribution < 1.29 is 4.79 Å². The van der Waals surface area contributed by atoms with Crippen LogP contribution in [0.2, 0.25) is 0 Å². The molecular weight excluding hydrogens is 484 g/mol. The lowest BCUT2D eigenvalue weighted by atomic mass is 9.73. The lowest BCUT2D eigenvalue weighted by Crippen LogP contribution is -2.47. The molecule has 0 saturated heterocycles. The molecular formula is C14H15Br3N2OS. The first-order valence-electron chi connectivity index (χ1n) is 6.63. The third-order valence-corrected chi connectivity index (χ3v) is 5.96. The van der Waals surface area contributed by atoms with Crippen molar-refractivity contribution in [2.45, 2.75) is 32.1 Å². The van der Waals surface area contributed by atoms with Crippen LogP contribution in [0.4, 0.5) is 5.69 Å². The van der Waals surface area contributed by atoms with Crippen LogP contribution >= 0.6 is 60.0 Å². The molecule has 1 aromatic rings. The van der Waals surface area contributed by atoms with Gasteiger partial charge in [0.15, 0.2) is 0 Å². The van der Waals surface area contributed by atoms with Gasteiger partial charge in [-0.25, -0.2) is 0 Å². The van der Waals surface area contributed by atoms with Crippen molar-refractivity contribution >= 4 is 76.6 Å². The summed E-state index contributed by atoms with van der Waals surface area (Å²) < 4.78 is 2.51. The van der Waals surface area contributed by atoms with E-state index in [0.717, 1.165) is 45.5 Å². The third kappa shape index (κ3) is 3.68. The summed E-state index contributed by atoms with van der Waals surface area (Å²) in [5.41, 5.74) is 5.87. The molecule has 0 unspecified atom stereocenters. The van der Waals surface area contributed by atoms with Crippen LogP contribution in [0.3, 0.4) is 0 Å². The van der Waals surface area contributed by atoms with E-state index in [-0.39, 0.29) is 5.91 Å². The maximum absolute atomic E-state index is 12.8. The van der Waals surface area contributed by atoms with Gasteiger partial charge in [0.05, 0.1) is 16.1 Å². The summed E-state index contributed by atoms with van der Waals surface area (Å²) in [6, 6.07) is 3.77. The minimum atomic E-state index is -0.723. The van der Waals surface area contributed by atoms with Gasteiger partial charge in [0, 0.05) is 13.4 Å². The topological polar surface area (TPSA) is 55.1 Å². The largest absolute Gasteiger partial charge is 0.392 e. The third-order valence-electron chi connectivity index (χ3n) is 3.86. The van der Waals surface area contributed by atoms with Gasteiger partial charge in [-0.3, -0.25) is 4.79 Å². The number of nitrogens with one attached hydrogen (secondary N) is 1. The van der Waals surface area contributed by atoms with Crippen molar-refractivity contribution in [2.24, 2.45) is 11.1 Å². The second kappa shape index (κ2) is 7.06. The fourth-order valence-electron chi connectivity index (χ4n) is 2.64. The highest BCUT2D eigenvalue weighted by molar-refractivity contribution is 9.11. The van der Waals surface area contributed by atoms with Crippen molar-refractivity contribution in [2.75, 3.05) is 5.32 Å². The highest BCUT2D eigenvalue weighted by Gasteiger charge is 2.42. The van der Waals surface area contributed by atoms with E-state index in [9.17, 15) is 4.79 Å². The Morgan fingerprint density at radius 1 is 1.14 bits per heavy atom. The second-order valence-electron chi connectivity index (χ2n) is 5.21. The average Bonchev–Trinajstić information content (AvgIpc) is 2.43. The Morgan fingerprint density at radius 2 is 1.67 bits per heavy atom. The number of rotatable bonds is 3. The summed E-state index contributed by atoms with van der Waals surface area (Å²) in [4.78, 5) is 13.1. The molecule has 0 spiro atoms. The normalized spacial score (nSPS) is 17.3. The number of thiocarbonyl (C=S) groups is 1. The number of hydrogen-bond donors (Lipinski definition) is 2. The van der Waals surface area contributed by atoms with Crippen molar-refractivity contribution in [3.8, 4) is 0 Å². The van der Waals surface area contributed by atoms with Gasteiger partial charge in [-0.2, -0.15) is 0 Å². The fourth-order valence-corrected chi connectivity index (χ4v) is 5.39. The Hall–Kier alpha value is 0.0200. The number of nitrogens with two attached hydrogens (primary N) is 1. The van der Waals surface area contributed by atoms with Crippen LogP contribution in [-0.2, 0) is 4.79 Å². The molecule has 0 aromatic heterocycles. The first-order chi connectivity index (χ1) is 9.86. The summed E-state index contributed by atoms with van der Waals surface area (Å²) in [5, 5.41) is 2.98. The maximum atomic E-state index is 12.8. The summed E-state index contributed by atoms with van der Waals surface area (Å²) >= 11 is 15.5. The zero-order chi connectivity index (χ0) is 15.6. The zero-order valence-electron chi connectivity index (χ0n) is 11.2. The molecule has 0 radical (unpaired) electrons. The van der Waals surface area contributed by atoms with Gasteiger partial charge < -0.3 is 11.1 Å². The summed E-state index contributed by atoms with van der Waals surface area (Å²) in [6.07, 6.45) is 4.53. The van der Waals surface area contributed by atoms with E-state index in [1.165, 1.54) is 0 Å². The molecule has 1 aliphatic rings. The number of carbonyl (C=O) groups excluding carboxylic acids is 1. The minimum absolute atomic E-state index is 0.113. The molecule has 1 fully saturated rings. The Kier molecular flexibility index (Phi) is 5.84. The highest BCUT2D eigenvalue weighted by atomic mass is 79.9. The zero-order valence-corrected chi connectivity index (χ0v) is 16.8. The molecule has 3 N–H and O–H groups in total. The maximum Gasteiger partial charge on any atom is 0.237 e. The molecule has 0 atom stereocenters. The van der Waals surface area contributed by atoms with Gasteiger partial charge in [0.25, 0.3) is 0 Å². The van der Waals surface area contributed by atoms with Gasteiger partial charge in [0.2, 0.25) is 5.91 Å². The van der Waals surface area contributed by atoms with Crippen molar-refractivity contribution in [1.82, 2.24) is 0 Å². The molecule has 1 saturated carbocycles. The van der Waals surface area contributed by atoms with E-state index >= 15 is 0 Å². The van der Waals surface area contributed by atoms with Crippen LogP contribution in [0.1, 0.15) is 32.1 Å². The smallest absolute Gasteiger partial charge is 0.237 e. The summed E-state index contributed by atoms with van der Waals surface area (Å²) in [6.45, 7) is 0. The standard InChI is InChI=1S/C14H15Br3N2OS/c15-8-6-9(16)11(10(17)7-8)19-13(20)14(12(18)21)4-2-1-3-5-14/h6-7H,1-5H2,(H2,18,21)(H,19,20). The van der Waals surface area contributed by atoms with Crippen LogP contribution in [0.25, 0.3) is 0 Å². The first kappa shape index (κ1) is 17.4. The van der Waals surface area contributed by atoms with Crippen molar-refractivity contribution in [1.29, 1.82) is 0 Å². The predicted molar refractivity (Wildman–Crippen MR) is 100 cm³/mol. The molecule has 0 heterocycles. The number of halogens is 3. The molecule has 0 aliphatic heterocycles. The molecule has 1 amide bonds. The summed E-state index contributed by atoms with van der Waals surface area (Å²) in [5.74, 6) is -0.113. The quantitative estimate of drug-likeness (QED) is 0.567. The fraction of sp³-hybridized carbons (Fsp3) is 0.429. The first-order valence-corrected chi connectivity index (χ1v) is 9.41. The molecule has 0 bridgehead atoms. The van der Waals surface area contributed by atoms with Crippen LogP contribution < -0.4 is 11.1 Å². The van der Waals surface area contributed by atoms with E-state index < -0.39 is 5.41 Å². The number of hydrogen-bond acceptors (Lipinski definition) is 2. The Morgan fingerprint density at radius 3 is 2.14 bits per heavy atom. The number of carbonyl (C=O) groups is 1. The Balaban J connectivity index is 2.30. The SMILES string of the molecule is NC(=S)C1(C(=O)Nc2c(Br)cc(Br)cc2Br)CCCCC1. The van der Waals surface area contributed by atoms with Crippen molar-refractivity contribution in [3.63, 3.8) is 0 Å². The number of amides is 1. The van der Waals surface area contributed by atoms with E-state index in [0.29, 0.717) is 10.7 Å².